The summed E-state index contributed by atoms with van der Waals surface area (Å²) in [5.41, 5.74) is 8.31. The van der Waals surface area contributed by atoms with E-state index in [1.807, 2.05) is 12.1 Å². The lowest BCUT2D eigenvalue weighted by molar-refractivity contribution is 0.1000. The first kappa shape index (κ1) is 12.7. The molecule has 0 spiro atoms. The summed E-state index contributed by atoms with van der Waals surface area (Å²) >= 11 is 1.80. The van der Waals surface area contributed by atoms with E-state index in [1.54, 1.807) is 17.4 Å². The Labute approximate surface area is 127 Å². The molecule has 21 heavy (non-hydrogen) atoms. The number of allylic oxidation sites excluding steroid dienone is 2. The fraction of sp³-hybridized carbons (Fsp3) is 0.235. The first-order valence-electron chi connectivity index (χ1n) is 7.14. The zero-order chi connectivity index (χ0) is 14.4. The standard InChI is InChI=1S/C17H16N2OS/c18-17(20)10-6-7-14-13(9-10)11-3-1-4-12(11)16(19-14)15-5-2-8-21-15/h1-3,5-9,11-12,16,19H,4H2,(H2,18,20). The minimum Gasteiger partial charge on any atom is -0.377 e. The van der Waals surface area contributed by atoms with Gasteiger partial charge in [0.05, 0.1) is 6.04 Å². The largest absolute Gasteiger partial charge is 0.377 e. The second-order valence-corrected chi connectivity index (χ2v) is 6.64. The monoisotopic (exact) mass is 296 g/mol. The van der Waals surface area contributed by atoms with E-state index in [0.29, 0.717) is 23.4 Å². The van der Waals surface area contributed by atoms with Crippen LogP contribution in [0.1, 0.15) is 39.2 Å². The maximum Gasteiger partial charge on any atom is 0.248 e. The molecule has 3 atom stereocenters. The summed E-state index contributed by atoms with van der Waals surface area (Å²) in [7, 11) is 0. The number of carbonyl (C=O) groups excluding carboxylic acids is 1. The highest BCUT2D eigenvalue weighted by atomic mass is 32.1. The molecule has 1 aromatic heterocycles. The summed E-state index contributed by atoms with van der Waals surface area (Å²) < 4.78 is 0. The van der Waals surface area contributed by atoms with E-state index in [1.165, 1.54) is 10.4 Å². The summed E-state index contributed by atoms with van der Waals surface area (Å²) in [5, 5.41) is 5.78. The van der Waals surface area contributed by atoms with Gasteiger partial charge in [-0.2, -0.15) is 0 Å². The van der Waals surface area contributed by atoms with Crippen LogP contribution in [0, 0.1) is 5.92 Å². The first-order valence-corrected chi connectivity index (χ1v) is 8.02. The van der Waals surface area contributed by atoms with Crippen molar-refractivity contribution >= 4 is 22.9 Å². The van der Waals surface area contributed by atoms with Gasteiger partial charge in [0.15, 0.2) is 0 Å². The van der Waals surface area contributed by atoms with Crippen molar-refractivity contribution in [2.45, 2.75) is 18.4 Å². The molecule has 0 saturated heterocycles. The summed E-state index contributed by atoms with van der Waals surface area (Å²) in [6.45, 7) is 0. The number of anilines is 1. The second-order valence-electron chi connectivity index (χ2n) is 5.66. The highest BCUT2D eigenvalue weighted by Gasteiger charge is 2.38. The normalized spacial score (nSPS) is 26.0. The fourth-order valence-corrected chi connectivity index (χ4v) is 4.35. The van der Waals surface area contributed by atoms with Gasteiger partial charge in [-0.1, -0.05) is 18.2 Å². The first-order chi connectivity index (χ1) is 10.2. The Morgan fingerprint density at radius 3 is 3.00 bits per heavy atom. The summed E-state index contributed by atoms with van der Waals surface area (Å²) in [6.07, 6.45) is 5.60. The number of primary amides is 1. The third kappa shape index (κ3) is 1.98. The third-order valence-corrected chi connectivity index (χ3v) is 5.45. The maximum atomic E-state index is 11.4. The van der Waals surface area contributed by atoms with Crippen LogP contribution >= 0.6 is 11.3 Å². The molecule has 0 bridgehead atoms. The van der Waals surface area contributed by atoms with Crippen molar-refractivity contribution in [2.75, 3.05) is 5.32 Å². The lowest BCUT2D eigenvalue weighted by Crippen LogP contribution is -2.28. The molecule has 3 unspecified atom stereocenters. The molecular weight excluding hydrogens is 280 g/mol. The van der Waals surface area contributed by atoms with Crippen LogP contribution in [0.25, 0.3) is 0 Å². The zero-order valence-electron chi connectivity index (χ0n) is 11.5. The van der Waals surface area contributed by atoms with Gasteiger partial charge in [-0.15, -0.1) is 11.3 Å². The fourth-order valence-electron chi connectivity index (χ4n) is 3.50. The van der Waals surface area contributed by atoms with Crippen molar-refractivity contribution in [2.24, 2.45) is 11.7 Å². The third-order valence-electron chi connectivity index (χ3n) is 4.50. The number of rotatable bonds is 2. The Morgan fingerprint density at radius 1 is 1.33 bits per heavy atom. The Balaban J connectivity index is 1.80. The molecular formula is C17H16N2OS. The smallest absolute Gasteiger partial charge is 0.248 e. The minimum absolute atomic E-state index is 0.344. The van der Waals surface area contributed by atoms with Crippen LogP contribution in [-0.4, -0.2) is 5.91 Å². The second kappa shape index (κ2) is 4.74. The molecule has 0 radical (unpaired) electrons. The summed E-state index contributed by atoms with van der Waals surface area (Å²) in [6, 6.07) is 10.4. The molecule has 106 valence electrons. The molecule has 0 saturated carbocycles. The van der Waals surface area contributed by atoms with E-state index in [2.05, 4.69) is 35.0 Å². The quantitative estimate of drug-likeness (QED) is 0.831. The number of nitrogens with two attached hydrogens (primary N) is 1. The van der Waals surface area contributed by atoms with Crippen LogP contribution in [0.3, 0.4) is 0 Å². The van der Waals surface area contributed by atoms with E-state index < -0.39 is 0 Å². The number of benzene rings is 1. The SMILES string of the molecule is NC(=O)c1ccc2c(c1)C1C=CCC1C(c1cccs1)N2. The zero-order valence-corrected chi connectivity index (χ0v) is 12.3. The lowest BCUT2D eigenvalue weighted by atomic mass is 9.78. The number of fused-ring (bicyclic) bond motifs is 3. The van der Waals surface area contributed by atoms with Crippen molar-refractivity contribution in [3.8, 4) is 0 Å². The van der Waals surface area contributed by atoms with Crippen molar-refractivity contribution in [3.05, 3.63) is 63.9 Å². The van der Waals surface area contributed by atoms with Gasteiger partial charge in [0.1, 0.15) is 0 Å². The van der Waals surface area contributed by atoms with Gasteiger partial charge in [-0.05, 0) is 47.5 Å². The number of amides is 1. The van der Waals surface area contributed by atoms with Crippen molar-refractivity contribution < 1.29 is 4.79 Å². The molecule has 4 rings (SSSR count). The molecule has 4 heteroatoms. The van der Waals surface area contributed by atoms with Crippen molar-refractivity contribution in [3.63, 3.8) is 0 Å². The van der Waals surface area contributed by atoms with Crippen molar-refractivity contribution in [1.29, 1.82) is 0 Å². The van der Waals surface area contributed by atoms with Crippen LogP contribution in [0.5, 0.6) is 0 Å². The number of hydrogen-bond donors (Lipinski definition) is 2. The van der Waals surface area contributed by atoms with Crippen LogP contribution in [0.2, 0.25) is 0 Å². The molecule has 2 aliphatic rings. The van der Waals surface area contributed by atoms with Gasteiger partial charge in [0.2, 0.25) is 5.91 Å². The van der Waals surface area contributed by atoms with E-state index in [9.17, 15) is 4.79 Å². The van der Waals surface area contributed by atoms with Gasteiger partial charge in [0.25, 0.3) is 0 Å². The molecule has 2 aromatic rings. The van der Waals surface area contributed by atoms with Crippen LogP contribution < -0.4 is 11.1 Å². The Bertz CT molecular complexity index is 720. The van der Waals surface area contributed by atoms with Gasteiger partial charge in [-0.25, -0.2) is 0 Å². The van der Waals surface area contributed by atoms with Crippen LogP contribution in [0.15, 0.2) is 47.9 Å². The Kier molecular flexibility index (Phi) is 2.86. The van der Waals surface area contributed by atoms with E-state index >= 15 is 0 Å². The summed E-state index contributed by atoms with van der Waals surface area (Å²) in [5.74, 6) is 0.517. The molecule has 2 heterocycles. The predicted molar refractivity (Wildman–Crippen MR) is 85.6 cm³/mol. The highest BCUT2D eigenvalue weighted by Crippen LogP contribution is 2.50. The number of thiophene rings is 1. The average Bonchev–Trinajstić information content (AvgIpc) is 3.17. The Hall–Kier alpha value is -2.07. The summed E-state index contributed by atoms with van der Waals surface area (Å²) in [4.78, 5) is 12.8. The van der Waals surface area contributed by atoms with E-state index in [-0.39, 0.29) is 5.91 Å². The van der Waals surface area contributed by atoms with Gasteiger partial charge >= 0.3 is 0 Å². The average molecular weight is 296 g/mol. The minimum atomic E-state index is -0.364. The van der Waals surface area contributed by atoms with E-state index in [0.717, 1.165) is 12.1 Å². The number of hydrogen-bond acceptors (Lipinski definition) is 3. The predicted octanol–water partition coefficient (Wildman–Crippen LogP) is 3.67. The van der Waals surface area contributed by atoms with Gasteiger partial charge in [-0.3, -0.25) is 4.79 Å². The molecule has 0 fully saturated rings. The van der Waals surface area contributed by atoms with Gasteiger partial charge < -0.3 is 11.1 Å². The van der Waals surface area contributed by atoms with E-state index in [4.69, 9.17) is 5.73 Å². The molecule has 1 aliphatic heterocycles. The molecule has 3 nitrogen and oxygen atoms in total. The molecule has 3 N–H and O–H groups in total. The number of carbonyl (C=O) groups is 1. The van der Waals surface area contributed by atoms with Crippen LogP contribution in [0.4, 0.5) is 5.69 Å². The molecule has 1 aromatic carbocycles. The van der Waals surface area contributed by atoms with Crippen molar-refractivity contribution in [1.82, 2.24) is 0 Å². The Morgan fingerprint density at radius 2 is 2.24 bits per heavy atom. The molecule has 1 aliphatic carbocycles. The molecule has 1 amide bonds. The van der Waals surface area contributed by atoms with Gasteiger partial charge in [0, 0.05) is 22.0 Å². The number of nitrogens with one attached hydrogen (secondary N) is 1. The maximum absolute atomic E-state index is 11.4. The highest BCUT2D eigenvalue weighted by molar-refractivity contribution is 7.10. The van der Waals surface area contributed by atoms with Crippen LogP contribution in [-0.2, 0) is 0 Å². The lowest BCUT2D eigenvalue weighted by Gasteiger charge is -2.37. The topological polar surface area (TPSA) is 55.1 Å².